The number of carbonyl (C=O) groups excluding carboxylic acids is 2. The van der Waals surface area contributed by atoms with Crippen molar-refractivity contribution in [2.75, 3.05) is 6.61 Å². The molecule has 0 spiro atoms. The minimum atomic E-state index is -0.737. The van der Waals surface area contributed by atoms with Crippen LogP contribution in [-0.2, 0) is 16.1 Å². The SMILES string of the molecule is CC(C)CCOc1cccc(C2C(C(=O)C=Cc3ccccc3)=C(O)C(=O)N2Cc2ccccc2)c1. The lowest BCUT2D eigenvalue weighted by atomic mass is 9.95. The average Bonchev–Trinajstić information content (AvgIpc) is 3.13. The van der Waals surface area contributed by atoms with Crippen molar-refractivity contribution in [1.29, 1.82) is 0 Å². The molecule has 1 aliphatic heterocycles. The van der Waals surface area contributed by atoms with Gasteiger partial charge in [0.2, 0.25) is 0 Å². The number of ether oxygens (including phenoxy) is 1. The quantitative estimate of drug-likeness (QED) is 0.346. The molecule has 5 nitrogen and oxygen atoms in total. The second-order valence-electron chi connectivity index (χ2n) is 9.30. The van der Waals surface area contributed by atoms with Crippen molar-refractivity contribution in [3.05, 3.63) is 119 Å². The molecule has 184 valence electrons. The van der Waals surface area contributed by atoms with Gasteiger partial charge in [-0.15, -0.1) is 0 Å². The van der Waals surface area contributed by atoms with E-state index >= 15 is 0 Å². The van der Waals surface area contributed by atoms with E-state index in [1.807, 2.05) is 84.9 Å². The van der Waals surface area contributed by atoms with Gasteiger partial charge in [-0.25, -0.2) is 0 Å². The van der Waals surface area contributed by atoms with Crippen LogP contribution in [0.2, 0.25) is 0 Å². The summed E-state index contributed by atoms with van der Waals surface area (Å²) in [5, 5.41) is 10.9. The fourth-order valence-electron chi connectivity index (χ4n) is 4.21. The van der Waals surface area contributed by atoms with Crippen LogP contribution in [0, 0.1) is 5.92 Å². The van der Waals surface area contributed by atoms with Crippen LogP contribution in [0.5, 0.6) is 5.75 Å². The fraction of sp³-hybridized carbons (Fsp3) is 0.226. The van der Waals surface area contributed by atoms with E-state index in [9.17, 15) is 14.7 Å². The number of hydrogen-bond acceptors (Lipinski definition) is 4. The van der Waals surface area contributed by atoms with Crippen LogP contribution < -0.4 is 4.74 Å². The first-order chi connectivity index (χ1) is 17.4. The summed E-state index contributed by atoms with van der Waals surface area (Å²) in [6.07, 6.45) is 4.02. The normalized spacial score (nSPS) is 15.8. The Morgan fingerprint density at radius 1 is 1.00 bits per heavy atom. The smallest absolute Gasteiger partial charge is 0.290 e. The first kappa shape index (κ1) is 25.0. The standard InChI is InChI=1S/C31H31NO4/c1-22(2)18-19-36-26-15-9-14-25(20-26)29-28(27(33)17-16-23-10-5-3-6-11-23)30(34)31(35)32(29)21-24-12-7-4-8-13-24/h3-17,20,22,29,34H,18-19,21H2,1-2H3. The zero-order chi connectivity index (χ0) is 25.5. The van der Waals surface area contributed by atoms with Gasteiger partial charge in [0.1, 0.15) is 5.75 Å². The molecule has 1 unspecified atom stereocenters. The molecule has 3 aromatic carbocycles. The molecule has 0 aromatic heterocycles. The van der Waals surface area contributed by atoms with Gasteiger partial charge in [0.05, 0.1) is 18.2 Å². The molecule has 1 heterocycles. The third kappa shape index (κ3) is 5.92. The summed E-state index contributed by atoms with van der Waals surface area (Å²) in [6.45, 7) is 5.11. The molecule has 1 N–H and O–H groups in total. The highest BCUT2D eigenvalue weighted by atomic mass is 16.5. The highest BCUT2D eigenvalue weighted by Gasteiger charge is 2.43. The molecule has 1 atom stereocenters. The Morgan fingerprint density at radius 2 is 1.69 bits per heavy atom. The number of allylic oxidation sites excluding steroid dienone is 1. The number of aliphatic hydroxyl groups excluding tert-OH is 1. The molecule has 0 aliphatic carbocycles. The Labute approximate surface area is 212 Å². The molecular formula is C31H31NO4. The van der Waals surface area contributed by atoms with Gasteiger partial charge in [0.25, 0.3) is 5.91 Å². The number of benzene rings is 3. The number of nitrogens with zero attached hydrogens (tertiary/aromatic N) is 1. The first-order valence-electron chi connectivity index (χ1n) is 12.2. The molecule has 0 bridgehead atoms. The number of aliphatic hydroxyl groups is 1. The van der Waals surface area contributed by atoms with Crippen LogP contribution in [0.3, 0.4) is 0 Å². The summed E-state index contributed by atoms with van der Waals surface area (Å²) in [5.41, 5.74) is 2.54. The zero-order valence-corrected chi connectivity index (χ0v) is 20.6. The van der Waals surface area contributed by atoms with Gasteiger partial charge in [-0.1, -0.05) is 92.7 Å². The van der Waals surface area contributed by atoms with Crippen molar-refractivity contribution >= 4 is 17.8 Å². The lowest BCUT2D eigenvalue weighted by Gasteiger charge is -2.27. The number of carbonyl (C=O) groups is 2. The summed E-state index contributed by atoms with van der Waals surface area (Å²) in [7, 11) is 0. The van der Waals surface area contributed by atoms with E-state index in [0.717, 1.165) is 17.5 Å². The summed E-state index contributed by atoms with van der Waals surface area (Å²) < 4.78 is 5.94. The minimum absolute atomic E-state index is 0.0717. The minimum Gasteiger partial charge on any atom is -0.503 e. The molecule has 36 heavy (non-hydrogen) atoms. The first-order valence-corrected chi connectivity index (χ1v) is 12.2. The van der Waals surface area contributed by atoms with Crippen molar-refractivity contribution in [2.45, 2.75) is 32.9 Å². The molecule has 1 amide bonds. The second-order valence-corrected chi connectivity index (χ2v) is 9.30. The van der Waals surface area contributed by atoms with E-state index in [2.05, 4.69) is 13.8 Å². The van der Waals surface area contributed by atoms with Gasteiger partial charge in [-0.05, 0) is 47.2 Å². The average molecular weight is 482 g/mol. The van der Waals surface area contributed by atoms with Gasteiger partial charge >= 0.3 is 0 Å². The number of rotatable bonds is 10. The van der Waals surface area contributed by atoms with E-state index in [1.54, 1.807) is 11.0 Å². The lowest BCUT2D eigenvalue weighted by Crippen LogP contribution is -2.30. The van der Waals surface area contributed by atoms with E-state index in [1.165, 1.54) is 6.08 Å². The van der Waals surface area contributed by atoms with Crippen LogP contribution in [0.15, 0.2) is 102 Å². The molecule has 3 aromatic rings. The van der Waals surface area contributed by atoms with E-state index in [4.69, 9.17) is 4.74 Å². The second kappa shape index (κ2) is 11.5. The van der Waals surface area contributed by atoms with Crippen molar-refractivity contribution in [1.82, 2.24) is 4.90 Å². The topological polar surface area (TPSA) is 66.8 Å². The van der Waals surface area contributed by atoms with Crippen LogP contribution in [0.1, 0.15) is 43.0 Å². The van der Waals surface area contributed by atoms with Crippen molar-refractivity contribution < 1.29 is 19.4 Å². The summed E-state index contributed by atoms with van der Waals surface area (Å²) in [4.78, 5) is 28.1. The van der Waals surface area contributed by atoms with Crippen molar-refractivity contribution in [3.63, 3.8) is 0 Å². The zero-order valence-electron chi connectivity index (χ0n) is 20.6. The molecule has 4 rings (SSSR count). The molecule has 0 saturated heterocycles. The lowest BCUT2D eigenvalue weighted by molar-refractivity contribution is -0.130. The number of amides is 1. The van der Waals surface area contributed by atoms with Gasteiger partial charge in [-0.3, -0.25) is 9.59 Å². The Kier molecular flexibility index (Phi) is 8.01. The highest BCUT2D eigenvalue weighted by molar-refractivity contribution is 6.14. The van der Waals surface area contributed by atoms with E-state index in [-0.39, 0.29) is 12.1 Å². The third-order valence-corrected chi connectivity index (χ3v) is 6.13. The number of ketones is 1. The highest BCUT2D eigenvalue weighted by Crippen LogP contribution is 2.40. The molecular weight excluding hydrogens is 450 g/mol. The van der Waals surface area contributed by atoms with Gasteiger partial charge in [-0.2, -0.15) is 0 Å². The van der Waals surface area contributed by atoms with E-state index in [0.29, 0.717) is 23.8 Å². The van der Waals surface area contributed by atoms with Crippen LogP contribution in [0.4, 0.5) is 0 Å². The molecule has 0 fully saturated rings. The predicted molar refractivity (Wildman–Crippen MR) is 141 cm³/mol. The largest absolute Gasteiger partial charge is 0.503 e. The summed E-state index contributed by atoms with van der Waals surface area (Å²) in [6, 6.07) is 25.7. The molecule has 0 radical (unpaired) electrons. The van der Waals surface area contributed by atoms with Crippen LogP contribution in [0.25, 0.3) is 6.08 Å². The Balaban J connectivity index is 1.69. The van der Waals surface area contributed by atoms with Gasteiger partial charge in [0.15, 0.2) is 11.5 Å². The van der Waals surface area contributed by atoms with Crippen molar-refractivity contribution in [3.8, 4) is 5.75 Å². The van der Waals surface area contributed by atoms with Gasteiger partial charge in [0, 0.05) is 6.54 Å². The van der Waals surface area contributed by atoms with Crippen LogP contribution in [-0.4, -0.2) is 28.3 Å². The monoisotopic (exact) mass is 481 g/mol. The fourth-order valence-corrected chi connectivity index (χ4v) is 4.21. The Morgan fingerprint density at radius 3 is 2.39 bits per heavy atom. The molecule has 1 aliphatic rings. The molecule has 0 saturated carbocycles. The van der Waals surface area contributed by atoms with Gasteiger partial charge < -0.3 is 14.7 Å². The third-order valence-electron chi connectivity index (χ3n) is 6.13. The molecule has 5 heteroatoms. The van der Waals surface area contributed by atoms with Crippen LogP contribution >= 0.6 is 0 Å². The summed E-state index contributed by atoms with van der Waals surface area (Å²) in [5.74, 6) is -0.298. The maximum Gasteiger partial charge on any atom is 0.290 e. The van der Waals surface area contributed by atoms with E-state index < -0.39 is 23.5 Å². The Bertz CT molecular complexity index is 1260. The maximum absolute atomic E-state index is 13.4. The summed E-state index contributed by atoms with van der Waals surface area (Å²) >= 11 is 0. The number of hydrogen-bond donors (Lipinski definition) is 1. The Hall–Kier alpha value is -4.12. The van der Waals surface area contributed by atoms with Crippen molar-refractivity contribution in [2.24, 2.45) is 5.92 Å². The predicted octanol–water partition coefficient (Wildman–Crippen LogP) is 6.29. The maximum atomic E-state index is 13.4.